The Labute approximate surface area is 179 Å². The molecule has 1 unspecified atom stereocenters. The molecule has 0 aliphatic heterocycles. The second-order valence-electron chi connectivity index (χ2n) is 5.59. The predicted molar refractivity (Wildman–Crippen MR) is 98.8 cm³/mol. The zero-order chi connectivity index (χ0) is 20.9. The number of hydrogen-bond acceptors (Lipinski definition) is 5. The first-order valence-electron chi connectivity index (χ1n) is 8.24. The second-order valence-corrected chi connectivity index (χ2v) is 8.02. The maximum atomic E-state index is 11.8. The van der Waals surface area contributed by atoms with Crippen LogP contribution in [-0.4, -0.2) is 53.3 Å². The Kier molecular flexibility index (Phi) is 11.3. The van der Waals surface area contributed by atoms with E-state index in [9.17, 15) is 19.2 Å². The Morgan fingerprint density at radius 1 is 1.00 bits per heavy atom. The van der Waals surface area contributed by atoms with Crippen LogP contribution in [0.4, 0.5) is 15.3 Å². The largest absolute Gasteiger partial charge is 0.480 e. The number of hydrogen-bond donors (Lipinski definition) is 6. The van der Waals surface area contributed by atoms with E-state index in [1.807, 2.05) is 17.4 Å². The molecule has 0 bridgehead atoms. The van der Waals surface area contributed by atoms with Crippen LogP contribution in [0.15, 0.2) is 29.2 Å². The molecule has 154 valence electrons. The van der Waals surface area contributed by atoms with E-state index in [1.54, 1.807) is 43.9 Å². The summed E-state index contributed by atoms with van der Waals surface area (Å²) in [6, 6.07) is 5.07. The van der Waals surface area contributed by atoms with Crippen molar-refractivity contribution in [1.29, 1.82) is 0 Å². The van der Waals surface area contributed by atoms with Gasteiger partial charge in [0.25, 0.3) is 0 Å². The Bertz CT molecular complexity index is 688. The first-order valence-corrected chi connectivity index (χ1v) is 12.6. The van der Waals surface area contributed by atoms with E-state index in [4.69, 9.17) is 10.2 Å². The Balaban J connectivity index is 2.25. The molecule has 1 rings (SSSR count). The molecule has 0 saturated heterocycles. The number of anilines is 1. The normalized spacial score (nSPS) is 11.2. The molecule has 1 atom stereocenters. The number of benzene rings is 1. The van der Waals surface area contributed by atoms with Crippen LogP contribution in [-0.2, 0) is 9.59 Å². The van der Waals surface area contributed by atoms with Gasteiger partial charge in [0.15, 0.2) is 0 Å². The van der Waals surface area contributed by atoms with Gasteiger partial charge in [-0.25, -0.2) is 9.59 Å². The van der Waals surface area contributed by atoms with Gasteiger partial charge in [-0.05, 0) is 0 Å². The van der Waals surface area contributed by atoms with Crippen molar-refractivity contribution < 1.29 is 52.6 Å². The first kappa shape index (κ1) is 24.0. The molecular formula is C16H21AtN4O6S. The molecule has 0 saturated carbocycles. The Morgan fingerprint density at radius 2 is 1.68 bits per heavy atom. The fourth-order valence-corrected chi connectivity index (χ4v) is 3.50. The third kappa shape index (κ3) is 10.3. The Hall–Kier alpha value is -2.07. The van der Waals surface area contributed by atoms with Crippen molar-refractivity contribution in [1.82, 2.24) is 16.0 Å². The van der Waals surface area contributed by atoms with Crippen LogP contribution >= 0.6 is 8.52 Å². The summed E-state index contributed by atoms with van der Waals surface area (Å²) in [4.78, 5) is 45.9. The van der Waals surface area contributed by atoms with Crippen molar-refractivity contribution in [3.63, 3.8) is 0 Å². The van der Waals surface area contributed by atoms with Gasteiger partial charge >= 0.3 is 132 Å². The monoisotopic (exact) mass is 607 g/mol. The van der Waals surface area contributed by atoms with E-state index >= 15 is 0 Å². The number of nitrogens with one attached hydrogen (secondary N) is 4. The molecule has 0 aromatic heterocycles. The summed E-state index contributed by atoms with van der Waals surface area (Å²) in [5, 5.41) is 27.2. The summed E-state index contributed by atoms with van der Waals surface area (Å²) in [7, 11) is 1.66. The topological polar surface area (TPSA) is 157 Å². The number of unbranched alkanes of at least 4 members (excludes halogenated alkanes) is 1. The average molecular weight is 607 g/mol. The van der Waals surface area contributed by atoms with Crippen molar-refractivity contribution in [3.05, 3.63) is 24.3 Å². The molecule has 0 aliphatic carbocycles. The number of carboxylic acid groups (broad SMARTS) is 2. The zero-order valence-electron chi connectivity index (χ0n) is 14.7. The van der Waals surface area contributed by atoms with Crippen LogP contribution in [0.25, 0.3) is 0 Å². The van der Waals surface area contributed by atoms with Gasteiger partial charge in [0.2, 0.25) is 0 Å². The first-order chi connectivity index (χ1) is 13.3. The fraction of sp³-hybridized carbons (Fsp3) is 0.375. The summed E-state index contributed by atoms with van der Waals surface area (Å²) in [5.74, 6) is -2.45. The summed E-state index contributed by atoms with van der Waals surface area (Å²) in [5.41, 5.74) is 0.671. The van der Waals surface area contributed by atoms with Crippen LogP contribution in [0, 0.1) is 23.3 Å². The molecule has 0 heterocycles. The summed E-state index contributed by atoms with van der Waals surface area (Å²) in [6.07, 6.45) is 1.11. The fourth-order valence-electron chi connectivity index (χ4n) is 2.06. The molecule has 12 heteroatoms. The molecule has 10 nitrogen and oxygen atoms in total. The van der Waals surface area contributed by atoms with Gasteiger partial charge in [-0.2, -0.15) is 0 Å². The van der Waals surface area contributed by atoms with E-state index in [0.717, 1.165) is 4.90 Å². The van der Waals surface area contributed by atoms with E-state index < -0.39 is 30.6 Å². The minimum Gasteiger partial charge on any atom is -0.480 e. The molecular weight excluding hydrogens is 586 g/mol. The van der Waals surface area contributed by atoms with Crippen molar-refractivity contribution in [2.45, 2.75) is 30.2 Å². The number of carboxylic acids is 2. The summed E-state index contributed by atoms with van der Waals surface area (Å²) in [6.45, 7) is -0.258. The molecule has 1 aromatic carbocycles. The molecule has 28 heavy (non-hydrogen) atoms. The molecule has 0 aliphatic rings. The molecule has 0 fully saturated rings. The second kappa shape index (κ2) is 13.2. The standard InChI is InChI=1S/C16H21AtN4O6S/c17-28-11-6-4-10(5-7-11)20-15(26)18-8-2-1-3-12(14(24)25)21-16(27)19-9-13(22)23/h4-7,12H,1-3,8-9H2,(H,22,23)(H,24,25)(H2,18,20,26)(H2,19,21,27). The van der Waals surface area contributed by atoms with E-state index in [1.165, 1.54) is 0 Å². The Morgan fingerprint density at radius 3 is 2.25 bits per heavy atom. The van der Waals surface area contributed by atoms with Crippen LogP contribution in [0.5, 0.6) is 0 Å². The molecule has 1 aromatic rings. The van der Waals surface area contributed by atoms with Gasteiger partial charge in [-0.15, -0.1) is 0 Å². The minimum atomic E-state index is -1.23. The van der Waals surface area contributed by atoms with Crippen LogP contribution in [0.3, 0.4) is 0 Å². The van der Waals surface area contributed by atoms with Crippen molar-refractivity contribution in [2.75, 3.05) is 18.4 Å². The zero-order valence-corrected chi connectivity index (χ0v) is 18.5. The van der Waals surface area contributed by atoms with E-state index in [-0.39, 0.29) is 12.5 Å². The SMILES string of the molecule is O=C(O)CNC(=O)NC(CCCCNC(=O)Nc1ccc(S[At])cc1)C(=O)O. The maximum Gasteiger partial charge on any atom is 0.326 e. The van der Waals surface area contributed by atoms with Gasteiger partial charge in [-0.3, -0.25) is 4.79 Å². The number of carbonyl (C=O) groups is 4. The average Bonchev–Trinajstić information content (AvgIpc) is 2.65. The number of amides is 4. The number of aliphatic carboxylic acids is 2. The van der Waals surface area contributed by atoms with Crippen molar-refractivity contribution in [2.24, 2.45) is 0 Å². The quantitative estimate of drug-likeness (QED) is 0.208. The number of urea groups is 2. The molecule has 0 radical (unpaired) electrons. The van der Waals surface area contributed by atoms with E-state index in [0.29, 0.717) is 25.1 Å². The summed E-state index contributed by atoms with van der Waals surface area (Å²) >= 11 is 1.58. The minimum absolute atomic E-state index is 0.149. The molecule has 6 N–H and O–H groups in total. The predicted octanol–water partition coefficient (Wildman–Crippen LogP) is 1.37. The third-order valence-corrected chi connectivity index (χ3v) is 5.94. The third-order valence-electron chi connectivity index (χ3n) is 3.41. The van der Waals surface area contributed by atoms with Gasteiger partial charge in [0.1, 0.15) is 12.6 Å². The molecule has 0 spiro atoms. The van der Waals surface area contributed by atoms with Crippen molar-refractivity contribution >= 4 is 38.2 Å². The van der Waals surface area contributed by atoms with Gasteiger partial charge in [0, 0.05) is 0 Å². The smallest absolute Gasteiger partial charge is 0.326 e. The van der Waals surface area contributed by atoms with Crippen LogP contribution in [0.2, 0.25) is 0 Å². The maximum absolute atomic E-state index is 11.8. The van der Waals surface area contributed by atoms with Gasteiger partial charge in [0.05, 0.1) is 0 Å². The summed E-state index contributed by atoms with van der Waals surface area (Å²) < 4.78 is 0. The van der Waals surface area contributed by atoms with Crippen LogP contribution < -0.4 is 21.3 Å². The van der Waals surface area contributed by atoms with E-state index in [2.05, 4.69) is 16.0 Å². The number of rotatable bonds is 11. The van der Waals surface area contributed by atoms with Gasteiger partial charge in [-0.1, -0.05) is 0 Å². The van der Waals surface area contributed by atoms with Crippen molar-refractivity contribution in [3.8, 4) is 0 Å². The number of carbonyl (C=O) groups excluding carboxylic acids is 2. The van der Waals surface area contributed by atoms with Crippen LogP contribution in [0.1, 0.15) is 19.3 Å². The molecule has 4 amide bonds. The van der Waals surface area contributed by atoms with Gasteiger partial charge < -0.3 is 20.8 Å².